The molecule has 2 aromatic heterocycles. The molecule has 23 heavy (non-hydrogen) atoms. The molecule has 0 aromatic carbocycles. The van der Waals surface area contributed by atoms with E-state index in [1.807, 2.05) is 0 Å². The lowest BCUT2D eigenvalue weighted by Crippen LogP contribution is -2.59. The lowest BCUT2D eigenvalue weighted by Gasteiger charge is -2.27. The third-order valence-corrected chi connectivity index (χ3v) is 4.05. The van der Waals surface area contributed by atoms with Crippen LogP contribution < -0.4 is 21.1 Å². The number of halogens is 1. The van der Waals surface area contributed by atoms with E-state index < -0.39 is 11.6 Å². The predicted octanol–water partition coefficient (Wildman–Crippen LogP) is 0.355. The standard InChI is InChI=1S/C15H17FN6O/c1-17-15(18-2)10-8-21-11(9-4-5-20-13(16)6-9)7-12(10)22(19-3)14(15)23/h4-8,17-19H,1-3H3. The van der Waals surface area contributed by atoms with Crippen molar-refractivity contribution in [1.82, 2.24) is 26.0 Å². The highest BCUT2D eigenvalue weighted by Gasteiger charge is 2.49. The summed E-state index contributed by atoms with van der Waals surface area (Å²) < 4.78 is 13.3. The molecular formula is C15H17FN6O. The number of nitrogens with zero attached hydrogens (tertiary/aromatic N) is 3. The van der Waals surface area contributed by atoms with Gasteiger partial charge in [-0.1, -0.05) is 0 Å². The first-order valence-corrected chi connectivity index (χ1v) is 7.09. The van der Waals surface area contributed by atoms with Crippen LogP contribution in [0.15, 0.2) is 30.6 Å². The highest BCUT2D eigenvalue weighted by atomic mass is 19.1. The predicted molar refractivity (Wildman–Crippen MR) is 83.8 cm³/mol. The smallest absolute Gasteiger partial charge is 0.281 e. The van der Waals surface area contributed by atoms with Crippen LogP contribution in [0.4, 0.5) is 10.1 Å². The molecule has 1 aliphatic rings. The van der Waals surface area contributed by atoms with Crippen molar-refractivity contribution in [3.05, 3.63) is 42.1 Å². The normalized spacial score (nSPS) is 15.8. The van der Waals surface area contributed by atoms with Crippen LogP contribution in [0.5, 0.6) is 0 Å². The molecule has 3 N–H and O–H groups in total. The number of aromatic nitrogens is 2. The average molecular weight is 316 g/mol. The maximum Gasteiger partial charge on any atom is 0.281 e. The highest BCUT2D eigenvalue weighted by Crippen LogP contribution is 2.38. The zero-order chi connectivity index (χ0) is 16.6. The largest absolute Gasteiger partial charge is 0.290 e. The molecule has 8 heteroatoms. The van der Waals surface area contributed by atoms with Crippen molar-refractivity contribution < 1.29 is 9.18 Å². The van der Waals surface area contributed by atoms with Crippen LogP contribution in [0.25, 0.3) is 11.3 Å². The average Bonchev–Trinajstić information content (AvgIpc) is 2.81. The van der Waals surface area contributed by atoms with Crippen molar-refractivity contribution in [2.75, 3.05) is 26.2 Å². The Balaban J connectivity index is 2.16. The van der Waals surface area contributed by atoms with E-state index in [4.69, 9.17) is 0 Å². The molecule has 0 aliphatic carbocycles. The van der Waals surface area contributed by atoms with Gasteiger partial charge in [0.25, 0.3) is 5.91 Å². The summed E-state index contributed by atoms with van der Waals surface area (Å²) in [5.41, 5.74) is 4.32. The molecule has 0 fully saturated rings. The fourth-order valence-electron chi connectivity index (χ4n) is 2.86. The van der Waals surface area contributed by atoms with Gasteiger partial charge in [0.05, 0.1) is 11.4 Å². The summed E-state index contributed by atoms with van der Waals surface area (Å²) in [5, 5.41) is 7.46. The molecule has 1 aliphatic heterocycles. The summed E-state index contributed by atoms with van der Waals surface area (Å²) in [6.45, 7) is 0. The van der Waals surface area contributed by atoms with E-state index >= 15 is 0 Å². The lowest BCUT2D eigenvalue weighted by atomic mass is 10.0. The molecule has 0 atom stereocenters. The van der Waals surface area contributed by atoms with Gasteiger partial charge in [-0.15, -0.1) is 0 Å². The van der Waals surface area contributed by atoms with Crippen LogP contribution in [-0.4, -0.2) is 37.0 Å². The Morgan fingerprint density at radius 2 is 1.91 bits per heavy atom. The number of likely N-dealkylation sites (N-methyl/N-ethyl adjacent to an activating group) is 2. The molecule has 7 nitrogen and oxygen atoms in total. The summed E-state index contributed by atoms with van der Waals surface area (Å²) in [7, 11) is 5.06. The van der Waals surface area contributed by atoms with Crippen LogP contribution in [0, 0.1) is 5.95 Å². The first-order chi connectivity index (χ1) is 11.1. The number of nitrogens with one attached hydrogen (secondary N) is 3. The number of fused-ring (bicyclic) bond motifs is 1. The Morgan fingerprint density at radius 3 is 2.52 bits per heavy atom. The minimum atomic E-state index is -1.05. The number of hydrogen-bond donors (Lipinski definition) is 3. The molecule has 0 saturated heterocycles. The van der Waals surface area contributed by atoms with Gasteiger partial charge in [0.1, 0.15) is 0 Å². The van der Waals surface area contributed by atoms with Crippen LogP contribution in [0.2, 0.25) is 0 Å². The summed E-state index contributed by atoms with van der Waals surface area (Å²) in [4.78, 5) is 20.6. The van der Waals surface area contributed by atoms with Crippen LogP contribution in [0.3, 0.4) is 0 Å². The molecule has 2 aromatic rings. The second kappa shape index (κ2) is 5.65. The van der Waals surface area contributed by atoms with E-state index in [0.717, 1.165) is 0 Å². The first kappa shape index (κ1) is 15.5. The lowest BCUT2D eigenvalue weighted by molar-refractivity contribution is -0.125. The Bertz CT molecular complexity index is 761. The third kappa shape index (κ3) is 2.19. The molecule has 1 amide bonds. The molecule has 0 bridgehead atoms. The summed E-state index contributed by atoms with van der Waals surface area (Å²) in [6.07, 6.45) is 3.00. The molecule has 120 valence electrons. The number of rotatable bonds is 4. The van der Waals surface area contributed by atoms with E-state index in [1.54, 1.807) is 39.5 Å². The molecule has 0 saturated carbocycles. The van der Waals surface area contributed by atoms with Gasteiger partial charge >= 0.3 is 0 Å². The fourth-order valence-corrected chi connectivity index (χ4v) is 2.86. The van der Waals surface area contributed by atoms with Crippen molar-refractivity contribution in [2.45, 2.75) is 5.66 Å². The van der Waals surface area contributed by atoms with Gasteiger partial charge in [0.2, 0.25) is 5.95 Å². The Morgan fingerprint density at radius 1 is 1.17 bits per heavy atom. The number of amides is 1. The third-order valence-electron chi connectivity index (χ3n) is 4.05. The Hall–Kier alpha value is -2.42. The Kier molecular flexibility index (Phi) is 3.80. The quantitative estimate of drug-likeness (QED) is 0.558. The van der Waals surface area contributed by atoms with Crippen molar-refractivity contribution in [1.29, 1.82) is 0 Å². The van der Waals surface area contributed by atoms with E-state index in [0.29, 0.717) is 22.5 Å². The van der Waals surface area contributed by atoms with Gasteiger partial charge in [-0.25, -0.2) is 15.4 Å². The van der Waals surface area contributed by atoms with Gasteiger partial charge < -0.3 is 0 Å². The number of carbonyl (C=O) groups is 1. The van der Waals surface area contributed by atoms with Crippen LogP contribution in [0.1, 0.15) is 5.56 Å². The second-order valence-electron chi connectivity index (χ2n) is 5.07. The highest BCUT2D eigenvalue weighted by molar-refractivity contribution is 6.07. The van der Waals surface area contributed by atoms with Crippen molar-refractivity contribution in [3.63, 3.8) is 0 Å². The topological polar surface area (TPSA) is 82.2 Å². The number of pyridine rings is 2. The summed E-state index contributed by atoms with van der Waals surface area (Å²) in [6, 6.07) is 4.72. The Labute approximate surface area is 132 Å². The van der Waals surface area contributed by atoms with Crippen molar-refractivity contribution >= 4 is 11.6 Å². The number of anilines is 1. The molecule has 3 rings (SSSR count). The van der Waals surface area contributed by atoms with Crippen LogP contribution in [-0.2, 0) is 10.5 Å². The number of hydrazine groups is 1. The zero-order valence-electron chi connectivity index (χ0n) is 13.0. The molecule has 3 heterocycles. The van der Waals surface area contributed by atoms with Crippen molar-refractivity contribution in [3.8, 4) is 11.3 Å². The van der Waals surface area contributed by atoms with E-state index in [1.165, 1.54) is 17.3 Å². The molecule has 0 radical (unpaired) electrons. The molecular weight excluding hydrogens is 299 g/mol. The van der Waals surface area contributed by atoms with Crippen molar-refractivity contribution in [2.24, 2.45) is 0 Å². The van der Waals surface area contributed by atoms with Gasteiger partial charge in [0.15, 0.2) is 5.66 Å². The van der Waals surface area contributed by atoms with E-state index in [-0.39, 0.29) is 5.91 Å². The number of carbonyl (C=O) groups excluding carboxylic acids is 1. The van der Waals surface area contributed by atoms with Gasteiger partial charge in [0, 0.05) is 36.6 Å². The SMILES string of the molecule is CNN1C(=O)C(NC)(NC)c2cnc(-c3ccnc(F)c3)cc21. The maximum atomic E-state index is 13.3. The number of hydrogen-bond acceptors (Lipinski definition) is 6. The van der Waals surface area contributed by atoms with Gasteiger partial charge in [-0.2, -0.15) is 4.39 Å². The second-order valence-corrected chi connectivity index (χ2v) is 5.07. The minimum Gasteiger partial charge on any atom is -0.290 e. The zero-order valence-corrected chi connectivity index (χ0v) is 13.0. The van der Waals surface area contributed by atoms with Gasteiger partial charge in [-0.3, -0.25) is 20.4 Å². The minimum absolute atomic E-state index is 0.195. The first-order valence-electron chi connectivity index (χ1n) is 7.09. The summed E-state index contributed by atoms with van der Waals surface area (Å²) in [5.74, 6) is -0.772. The molecule has 0 unspecified atom stereocenters. The maximum absolute atomic E-state index is 13.3. The van der Waals surface area contributed by atoms with Crippen LogP contribution >= 0.6 is 0 Å². The fraction of sp³-hybridized carbons (Fsp3) is 0.267. The summed E-state index contributed by atoms with van der Waals surface area (Å²) >= 11 is 0. The van der Waals surface area contributed by atoms with E-state index in [2.05, 4.69) is 26.0 Å². The van der Waals surface area contributed by atoms with Gasteiger partial charge in [-0.05, 0) is 26.2 Å². The molecule has 0 spiro atoms. The van der Waals surface area contributed by atoms with E-state index in [9.17, 15) is 9.18 Å². The monoisotopic (exact) mass is 316 g/mol.